The van der Waals surface area contributed by atoms with E-state index in [1.54, 1.807) is 22.9 Å². The van der Waals surface area contributed by atoms with Crippen LogP contribution in [0, 0.1) is 34.4 Å². The molecule has 0 aliphatic carbocycles. The second-order valence-corrected chi connectivity index (χ2v) is 13.3. The first-order valence-electron chi connectivity index (χ1n) is 14.9. The maximum atomic E-state index is 15.4. The average molecular weight is 618 g/mol. The zero-order valence-corrected chi connectivity index (χ0v) is 25.7. The van der Waals surface area contributed by atoms with Gasteiger partial charge in [0.1, 0.15) is 28.3 Å². The molecule has 6 heterocycles. The number of likely N-dealkylation sites (tertiary alicyclic amines) is 2. The van der Waals surface area contributed by atoms with Crippen molar-refractivity contribution >= 4 is 44.9 Å². The lowest BCUT2D eigenvalue weighted by molar-refractivity contribution is -0.151. The predicted molar refractivity (Wildman–Crippen MR) is 165 cm³/mol. The summed E-state index contributed by atoms with van der Waals surface area (Å²) in [7, 11) is 3.93. The van der Waals surface area contributed by atoms with E-state index in [9.17, 15) is 14.4 Å². The van der Waals surface area contributed by atoms with Crippen molar-refractivity contribution in [1.82, 2.24) is 29.5 Å². The molecule has 0 bridgehead atoms. The van der Waals surface area contributed by atoms with Crippen molar-refractivity contribution in [2.24, 2.45) is 11.3 Å². The fourth-order valence-electron chi connectivity index (χ4n) is 6.80. The summed E-state index contributed by atoms with van der Waals surface area (Å²) in [5.41, 5.74) is 1.83. The lowest BCUT2D eigenvalue weighted by Gasteiger charge is -2.61. The van der Waals surface area contributed by atoms with Gasteiger partial charge in [0.25, 0.3) is 0 Å². The van der Waals surface area contributed by atoms with E-state index in [4.69, 9.17) is 4.98 Å². The number of benzene rings is 1. The van der Waals surface area contributed by atoms with Crippen LogP contribution in [-0.2, 0) is 11.3 Å². The third-order valence-corrected chi connectivity index (χ3v) is 10.2. The molecule has 1 aromatic carbocycles. The molecular formula is C31H33F2N9OS. The largest absolute Gasteiger partial charge is 0.366 e. The van der Waals surface area contributed by atoms with Crippen LogP contribution in [0.1, 0.15) is 24.6 Å². The Morgan fingerprint density at radius 2 is 1.84 bits per heavy atom. The van der Waals surface area contributed by atoms with Crippen LogP contribution in [0.2, 0.25) is 0 Å². The maximum Gasteiger partial charge on any atom is 0.238 e. The Bertz CT molecular complexity index is 1770. The first-order chi connectivity index (χ1) is 21.2. The normalized spacial score (nSPS) is 18.4. The number of thiazole rings is 1. The van der Waals surface area contributed by atoms with Crippen molar-refractivity contribution in [3.8, 4) is 17.3 Å². The van der Waals surface area contributed by atoms with Crippen LogP contribution in [0.15, 0.2) is 30.3 Å². The summed E-state index contributed by atoms with van der Waals surface area (Å²) in [5.74, 6) is 0.135. The number of halogens is 2. The van der Waals surface area contributed by atoms with Crippen LogP contribution < -0.4 is 9.80 Å². The smallest absolute Gasteiger partial charge is 0.238 e. The quantitative estimate of drug-likeness (QED) is 0.292. The van der Waals surface area contributed by atoms with Crippen molar-refractivity contribution in [1.29, 1.82) is 5.26 Å². The van der Waals surface area contributed by atoms with Crippen LogP contribution in [0.3, 0.4) is 0 Å². The van der Waals surface area contributed by atoms with Gasteiger partial charge in [-0.2, -0.15) is 19.7 Å². The number of nitrogens with zero attached hydrogens (tertiary/aromatic N) is 9. The van der Waals surface area contributed by atoms with E-state index in [1.807, 2.05) is 28.7 Å². The monoisotopic (exact) mass is 617 g/mol. The van der Waals surface area contributed by atoms with Gasteiger partial charge in [0, 0.05) is 56.7 Å². The Balaban J connectivity index is 1.12. The van der Waals surface area contributed by atoms with Crippen LogP contribution in [-0.4, -0.2) is 88.8 Å². The van der Waals surface area contributed by atoms with Crippen LogP contribution in [0.4, 0.5) is 25.4 Å². The number of pyridine rings is 1. The minimum atomic E-state index is -0.569. The molecular weight excluding hydrogens is 584 g/mol. The van der Waals surface area contributed by atoms with Crippen LogP contribution in [0.5, 0.6) is 0 Å². The van der Waals surface area contributed by atoms with Gasteiger partial charge in [0.2, 0.25) is 11.9 Å². The van der Waals surface area contributed by atoms with Gasteiger partial charge < -0.3 is 19.6 Å². The molecule has 0 saturated carbocycles. The van der Waals surface area contributed by atoms with Crippen molar-refractivity contribution in [3.63, 3.8) is 0 Å². The number of nitriles is 1. The molecule has 3 aromatic heterocycles. The number of amides is 1. The Hall–Kier alpha value is -4.15. The van der Waals surface area contributed by atoms with Gasteiger partial charge in [-0.25, -0.2) is 14.1 Å². The summed E-state index contributed by atoms with van der Waals surface area (Å²) in [4.78, 5) is 30.5. The van der Waals surface area contributed by atoms with Gasteiger partial charge in [-0.05, 0) is 70.2 Å². The van der Waals surface area contributed by atoms with E-state index < -0.39 is 5.95 Å². The fraction of sp³-hybridized carbons (Fsp3) is 0.452. The summed E-state index contributed by atoms with van der Waals surface area (Å²) < 4.78 is 30.7. The molecule has 1 spiro atoms. The van der Waals surface area contributed by atoms with Crippen molar-refractivity contribution in [3.05, 3.63) is 47.0 Å². The van der Waals surface area contributed by atoms with Gasteiger partial charge in [-0.3, -0.25) is 4.79 Å². The standard InChI is InChI=1S/C31H33F2N9OS/c1-4-42-28(39(3)30-35-25(24(14-34)44-30)19-5-7-21(32)8-6-19)22-13-23(26(33)36-27(22)37-42)40-15-31(16-40)17-41(18-31)29(43)20-9-11-38(2)12-10-20/h5-8,13,20H,4,9-12,15-18H2,1-3H3. The van der Waals surface area contributed by atoms with E-state index in [1.165, 1.54) is 23.5 Å². The molecule has 4 aromatic rings. The molecule has 1 amide bonds. The molecule has 228 valence electrons. The highest BCUT2D eigenvalue weighted by molar-refractivity contribution is 7.16. The number of aryl methyl sites for hydroxylation is 1. The summed E-state index contributed by atoms with van der Waals surface area (Å²) in [6, 6.07) is 9.90. The predicted octanol–water partition coefficient (Wildman–Crippen LogP) is 4.48. The lowest BCUT2D eigenvalue weighted by atomic mass is 9.72. The number of rotatable bonds is 6. The third-order valence-electron chi connectivity index (χ3n) is 9.20. The van der Waals surface area contributed by atoms with Gasteiger partial charge >= 0.3 is 0 Å². The molecule has 0 N–H and O–H groups in total. The van der Waals surface area contributed by atoms with Gasteiger partial charge in [-0.1, -0.05) is 11.3 Å². The Labute approximate surface area is 258 Å². The van der Waals surface area contributed by atoms with Crippen molar-refractivity contribution in [2.75, 3.05) is 63.2 Å². The molecule has 0 atom stereocenters. The first kappa shape index (κ1) is 28.6. The molecule has 3 aliphatic rings. The number of aromatic nitrogens is 4. The van der Waals surface area contributed by atoms with E-state index in [2.05, 4.69) is 28.1 Å². The highest BCUT2D eigenvalue weighted by Gasteiger charge is 2.54. The minimum absolute atomic E-state index is 0.00107. The molecule has 3 aliphatic heterocycles. The van der Waals surface area contributed by atoms with Gasteiger partial charge in [0.05, 0.1) is 11.1 Å². The zero-order valence-electron chi connectivity index (χ0n) is 24.9. The van der Waals surface area contributed by atoms with E-state index >= 15 is 4.39 Å². The molecule has 0 unspecified atom stereocenters. The Morgan fingerprint density at radius 3 is 2.50 bits per heavy atom. The fourth-order valence-corrected chi connectivity index (χ4v) is 7.65. The molecule has 13 heteroatoms. The summed E-state index contributed by atoms with van der Waals surface area (Å²) >= 11 is 1.22. The van der Waals surface area contributed by atoms with E-state index in [-0.39, 0.29) is 23.1 Å². The second-order valence-electron chi connectivity index (χ2n) is 12.3. The average Bonchev–Trinajstić information content (AvgIpc) is 3.57. The Morgan fingerprint density at radius 1 is 1.14 bits per heavy atom. The van der Waals surface area contributed by atoms with E-state index in [0.29, 0.717) is 63.4 Å². The number of hydrogen-bond donors (Lipinski definition) is 0. The summed E-state index contributed by atoms with van der Waals surface area (Å²) in [6.07, 6.45) is 1.83. The molecule has 3 fully saturated rings. The van der Waals surface area contributed by atoms with E-state index in [0.717, 1.165) is 39.0 Å². The number of piperidine rings is 1. The first-order valence-corrected chi connectivity index (χ1v) is 15.7. The Kier molecular flexibility index (Phi) is 7.01. The number of hydrogen-bond acceptors (Lipinski definition) is 9. The summed E-state index contributed by atoms with van der Waals surface area (Å²) in [6.45, 7) is 7.15. The second kappa shape index (κ2) is 10.8. The third kappa shape index (κ3) is 4.77. The minimum Gasteiger partial charge on any atom is -0.366 e. The number of carbonyl (C=O) groups excluding carboxylic acids is 1. The highest BCUT2D eigenvalue weighted by Crippen LogP contribution is 2.45. The number of carbonyl (C=O) groups is 1. The molecule has 10 nitrogen and oxygen atoms in total. The summed E-state index contributed by atoms with van der Waals surface area (Å²) in [5, 5.41) is 15.6. The SMILES string of the molecule is CCn1nc2nc(F)c(N3CC4(CN(C(=O)C5CCN(C)CC5)C4)C3)cc2c1N(C)c1nc(-c2ccc(F)cc2)c(C#N)s1. The highest BCUT2D eigenvalue weighted by atomic mass is 32.1. The number of fused-ring (bicyclic) bond motifs is 1. The van der Waals surface area contributed by atoms with Crippen molar-refractivity contribution < 1.29 is 13.6 Å². The van der Waals surface area contributed by atoms with Crippen LogP contribution >= 0.6 is 11.3 Å². The molecule has 3 saturated heterocycles. The molecule has 0 radical (unpaired) electrons. The molecule has 44 heavy (non-hydrogen) atoms. The lowest BCUT2D eigenvalue weighted by Crippen LogP contribution is -2.73. The van der Waals surface area contributed by atoms with Crippen LogP contribution in [0.25, 0.3) is 22.3 Å². The topological polar surface area (TPSA) is 97.4 Å². The zero-order chi connectivity index (χ0) is 30.7. The molecule has 7 rings (SSSR count). The number of anilines is 3. The maximum absolute atomic E-state index is 15.4. The van der Waals surface area contributed by atoms with Gasteiger partial charge in [-0.15, -0.1) is 0 Å². The van der Waals surface area contributed by atoms with Gasteiger partial charge in [0.15, 0.2) is 10.8 Å². The van der Waals surface area contributed by atoms with Crippen molar-refractivity contribution in [2.45, 2.75) is 26.3 Å².